The molecule has 0 fully saturated rings. The van der Waals surface area contributed by atoms with Gasteiger partial charge in [0.25, 0.3) is 0 Å². The third-order valence-corrected chi connectivity index (χ3v) is 8.52. The van der Waals surface area contributed by atoms with Crippen LogP contribution >= 0.6 is 0 Å². The number of carboxylic acid groups (broad SMARTS) is 2. The highest BCUT2D eigenvalue weighted by Gasteiger charge is 2.39. The molecule has 50 heavy (non-hydrogen) atoms. The molecular formula is C34H63N7O9. The lowest BCUT2D eigenvalue weighted by molar-refractivity contribution is -0.151. The molecule has 0 unspecified atom stereocenters. The number of nitrogens with zero attached hydrogens (tertiary/aromatic N) is 3. The normalized spacial score (nSPS) is 15.0. The third-order valence-electron chi connectivity index (χ3n) is 8.52. The minimum atomic E-state index is -1.71. The van der Waals surface area contributed by atoms with E-state index in [1.807, 2.05) is 41.5 Å². The second kappa shape index (κ2) is 22.1. The number of aliphatic carboxylic acids is 2. The van der Waals surface area contributed by atoms with Crippen LogP contribution in [0.15, 0.2) is 0 Å². The Labute approximate surface area is 297 Å². The molecule has 0 rings (SSSR count). The highest BCUT2D eigenvalue weighted by molar-refractivity contribution is 5.96. The minimum Gasteiger partial charge on any atom is -0.481 e. The van der Waals surface area contributed by atoms with Gasteiger partial charge in [-0.3, -0.25) is 28.8 Å². The lowest BCUT2D eigenvalue weighted by Crippen LogP contribution is -2.60. The van der Waals surface area contributed by atoms with Crippen molar-refractivity contribution in [2.75, 3.05) is 27.7 Å². The van der Waals surface area contributed by atoms with Crippen LogP contribution in [0.5, 0.6) is 0 Å². The highest BCUT2D eigenvalue weighted by atomic mass is 16.4. The molecule has 5 amide bonds. The van der Waals surface area contributed by atoms with Crippen LogP contribution in [0.2, 0.25) is 0 Å². The van der Waals surface area contributed by atoms with E-state index in [1.165, 1.54) is 42.8 Å². The Balaban J connectivity index is 6.31. The maximum absolute atomic E-state index is 14.1. The van der Waals surface area contributed by atoms with Crippen molar-refractivity contribution >= 4 is 41.5 Å². The SMILES string of the molecule is CC(C)C[C@H](NC(=O)[C@H](C)N(C)C(=O)[C@@H](N)CCCCN)C(=O)N(C)[C@@H](CC(C)C)C(=O)N(C)[C@@H](CC(C)C)C(=O)N[C@@H](CC(=O)O)C(=O)O. The number of carbonyl (C=O) groups is 7. The number of carbonyl (C=O) groups excluding carboxylic acids is 5. The van der Waals surface area contributed by atoms with Crippen molar-refractivity contribution in [1.82, 2.24) is 25.3 Å². The van der Waals surface area contributed by atoms with Crippen LogP contribution in [0.4, 0.5) is 0 Å². The predicted octanol–water partition coefficient (Wildman–Crippen LogP) is 0.611. The topological polar surface area (TPSA) is 246 Å². The summed E-state index contributed by atoms with van der Waals surface area (Å²) >= 11 is 0. The third kappa shape index (κ3) is 15.4. The molecule has 0 spiro atoms. The van der Waals surface area contributed by atoms with Crippen molar-refractivity contribution in [3.63, 3.8) is 0 Å². The molecule has 288 valence electrons. The van der Waals surface area contributed by atoms with Crippen LogP contribution in [0.25, 0.3) is 0 Å². The smallest absolute Gasteiger partial charge is 0.326 e. The van der Waals surface area contributed by atoms with Gasteiger partial charge in [-0.2, -0.15) is 0 Å². The molecule has 16 nitrogen and oxygen atoms in total. The van der Waals surface area contributed by atoms with Gasteiger partial charge < -0.3 is 47.0 Å². The molecule has 0 heterocycles. The molecule has 0 aromatic rings. The number of nitrogens with two attached hydrogens (primary N) is 2. The second-order valence-electron chi connectivity index (χ2n) is 14.4. The van der Waals surface area contributed by atoms with Gasteiger partial charge in [0.15, 0.2) is 0 Å². The first-order valence-electron chi connectivity index (χ1n) is 17.4. The fourth-order valence-electron chi connectivity index (χ4n) is 5.43. The number of rotatable bonds is 23. The first-order chi connectivity index (χ1) is 23.1. The van der Waals surface area contributed by atoms with Crippen LogP contribution in [0.1, 0.15) is 93.4 Å². The summed E-state index contributed by atoms with van der Waals surface area (Å²) in [5, 5.41) is 23.6. The Bertz CT molecular complexity index is 1160. The summed E-state index contributed by atoms with van der Waals surface area (Å²) in [6, 6.07) is -6.76. The summed E-state index contributed by atoms with van der Waals surface area (Å²) in [7, 11) is 4.30. The van der Waals surface area contributed by atoms with E-state index in [4.69, 9.17) is 16.6 Å². The van der Waals surface area contributed by atoms with E-state index in [-0.39, 0.29) is 37.0 Å². The molecule has 0 aliphatic heterocycles. The molecular weight excluding hydrogens is 650 g/mol. The van der Waals surface area contributed by atoms with Crippen molar-refractivity contribution in [3.8, 4) is 0 Å². The lowest BCUT2D eigenvalue weighted by atomic mass is 9.96. The maximum Gasteiger partial charge on any atom is 0.326 e. The number of carboxylic acids is 2. The molecule has 0 aromatic heterocycles. The van der Waals surface area contributed by atoms with E-state index in [1.54, 1.807) is 0 Å². The van der Waals surface area contributed by atoms with Gasteiger partial charge in [-0.05, 0) is 63.3 Å². The zero-order chi connectivity index (χ0) is 39.0. The largest absolute Gasteiger partial charge is 0.481 e. The minimum absolute atomic E-state index is 0.0442. The lowest BCUT2D eigenvalue weighted by Gasteiger charge is -2.37. The number of amides is 5. The fraction of sp³-hybridized carbons (Fsp3) is 0.794. The van der Waals surface area contributed by atoms with Gasteiger partial charge in [0, 0.05) is 21.1 Å². The zero-order valence-corrected chi connectivity index (χ0v) is 31.6. The molecule has 8 N–H and O–H groups in total. The Kier molecular flexibility index (Phi) is 20.4. The van der Waals surface area contributed by atoms with Gasteiger partial charge >= 0.3 is 11.9 Å². The van der Waals surface area contributed by atoms with E-state index >= 15 is 0 Å². The Morgan fingerprint density at radius 2 is 1.10 bits per heavy atom. The van der Waals surface area contributed by atoms with Crippen LogP contribution in [0, 0.1) is 17.8 Å². The summed E-state index contributed by atoms with van der Waals surface area (Å²) in [6.45, 7) is 13.1. The van der Waals surface area contributed by atoms with Crippen molar-refractivity contribution in [3.05, 3.63) is 0 Å². The number of hydrogen-bond donors (Lipinski definition) is 6. The quantitative estimate of drug-likeness (QED) is 0.0801. The van der Waals surface area contributed by atoms with Gasteiger partial charge in [-0.15, -0.1) is 0 Å². The van der Waals surface area contributed by atoms with E-state index in [9.17, 15) is 38.7 Å². The molecule has 0 aliphatic rings. The summed E-state index contributed by atoms with van der Waals surface area (Å²) in [5.74, 6) is -6.16. The summed E-state index contributed by atoms with van der Waals surface area (Å²) in [4.78, 5) is 94.5. The van der Waals surface area contributed by atoms with Crippen LogP contribution in [-0.4, -0.2) is 130 Å². The molecule has 0 aromatic carbocycles. The predicted molar refractivity (Wildman–Crippen MR) is 188 cm³/mol. The van der Waals surface area contributed by atoms with Gasteiger partial charge in [0.05, 0.1) is 12.5 Å². The molecule has 0 saturated carbocycles. The second-order valence-corrected chi connectivity index (χ2v) is 14.4. The molecule has 0 saturated heterocycles. The van der Waals surface area contributed by atoms with Crippen LogP contribution in [0.3, 0.4) is 0 Å². The average Bonchev–Trinajstić information content (AvgIpc) is 3.02. The summed E-state index contributed by atoms with van der Waals surface area (Å²) < 4.78 is 0. The van der Waals surface area contributed by atoms with Crippen molar-refractivity contribution < 1.29 is 43.8 Å². The van der Waals surface area contributed by atoms with Gasteiger partial charge in [0.1, 0.15) is 30.2 Å². The van der Waals surface area contributed by atoms with E-state index in [2.05, 4.69) is 10.6 Å². The number of hydrogen-bond acceptors (Lipinski definition) is 9. The highest BCUT2D eigenvalue weighted by Crippen LogP contribution is 2.20. The van der Waals surface area contributed by atoms with Gasteiger partial charge in [-0.25, -0.2) is 4.79 Å². The molecule has 0 radical (unpaired) electrons. The average molecular weight is 714 g/mol. The molecule has 16 heteroatoms. The van der Waals surface area contributed by atoms with Crippen LogP contribution < -0.4 is 22.1 Å². The molecule has 0 bridgehead atoms. The fourth-order valence-corrected chi connectivity index (χ4v) is 5.43. The summed E-state index contributed by atoms with van der Waals surface area (Å²) in [6.07, 6.45) is 1.50. The maximum atomic E-state index is 14.1. The zero-order valence-electron chi connectivity index (χ0n) is 31.6. The number of nitrogens with one attached hydrogen (secondary N) is 2. The molecule has 0 aliphatic carbocycles. The van der Waals surface area contributed by atoms with Gasteiger partial charge in [0.2, 0.25) is 29.5 Å². The number of likely N-dealkylation sites (N-methyl/N-ethyl adjacent to an activating group) is 3. The Morgan fingerprint density at radius 3 is 1.56 bits per heavy atom. The van der Waals surface area contributed by atoms with Crippen molar-refractivity contribution in [1.29, 1.82) is 0 Å². The van der Waals surface area contributed by atoms with E-state index in [0.29, 0.717) is 25.8 Å². The van der Waals surface area contributed by atoms with Crippen molar-refractivity contribution in [2.45, 2.75) is 130 Å². The number of unbranched alkanes of at least 4 members (excludes halogenated alkanes) is 1. The monoisotopic (exact) mass is 713 g/mol. The van der Waals surface area contributed by atoms with E-state index < -0.39 is 84.1 Å². The van der Waals surface area contributed by atoms with Crippen molar-refractivity contribution in [2.24, 2.45) is 29.2 Å². The Hall–Kier alpha value is -3.79. The first kappa shape index (κ1) is 46.2. The van der Waals surface area contributed by atoms with Gasteiger partial charge in [-0.1, -0.05) is 48.0 Å². The standard InChI is InChI=1S/C34H63N7O9/c1-19(2)15-24(37-29(44)22(7)39(8)31(46)23(36)13-11-12-14-35)32(47)41(10)27(17-21(5)6)33(48)40(9)26(16-20(3)4)30(45)38-25(34(49)50)18-28(42)43/h19-27H,11-18,35-36H2,1-10H3,(H,37,44)(H,38,45)(H,42,43)(H,49,50)/t22-,23-,24-,25-,26-,27-/m0/s1. The first-order valence-corrected chi connectivity index (χ1v) is 17.4. The van der Waals surface area contributed by atoms with Crippen LogP contribution in [-0.2, 0) is 33.6 Å². The Morgan fingerprint density at radius 1 is 0.620 bits per heavy atom. The summed E-state index contributed by atoms with van der Waals surface area (Å²) in [5.41, 5.74) is 11.6. The molecule has 6 atom stereocenters. The van der Waals surface area contributed by atoms with E-state index in [0.717, 1.165) is 0 Å².